The Morgan fingerprint density at radius 3 is 2.68 bits per heavy atom. The van der Waals surface area contributed by atoms with E-state index in [9.17, 15) is 0 Å². The quantitative estimate of drug-likeness (QED) is 0.792. The van der Waals surface area contributed by atoms with Crippen LogP contribution in [0.4, 0.5) is 0 Å². The molecule has 0 radical (unpaired) electrons. The summed E-state index contributed by atoms with van der Waals surface area (Å²) in [5.74, 6) is 0. The first-order chi connectivity index (χ1) is 9.31. The number of pyridine rings is 1. The molecular weight excluding hydrogens is 258 g/mol. The minimum Gasteiger partial charge on any atom is -0.309 e. The normalized spacial score (nSPS) is 12.7. The Labute approximate surface area is 116 Å². The number of nitrogens with one attached hydrogen (secondary N) is 1. The molecule has 0 bridgehead atoms. The van der Waals surface area contributed by atoms with Crippen molar-refractivity contribution in [1.82, 2.24) is 14.9 Å². The highest BCUT2D eigenvalue weighted by Gasteiger charge is 2.18. The predicted octanol–water partition coefficient (Wildman–Crippen LogP) is 3.30. The first-order valence-electron chi connectivity index (χ1n) is 6.15. The number of nitrogens with zero attached hydrogens (tertiary/aromatic N) is 2. The molecule has 4 heteroatoms. The monoisotopic (exact) mass is 271 g/mol. The van der Waals surface area contributed by atoms with Gasteiger partial charge in [-0.1, -0.05) is 35.9 Å². The van der Waals surface area contributed by atoms with E-state index in [1.807, 2.05) is 60.4 Å². The molecule has 3 rings (SSSR count). The summed E-state index contributed by atoms with van der Waals surface area (Å²) >= 11 is 6.30. The van der Waals surface area contributed by atoms with Crippen molar-refractivity contribution in [1.29, 1.82) is 0 Å². The molecule has 0 aliphatic rings. The van der Waals surface area contributed by atoms with Crippen LogP contribution < -0.4 is 5.32 Å². The summed E-state index contributed by atoms with van der Waals surface area (Å²) in [6.45, 7) is 0. The fourth-order valence-corrected chi connectivity index (χ4v) is 2.61. The van der Waals surface area contributed by atoms with Crippen molar-refractivity contribution >= 4 is 17.1 Å². The van der Waals surface area contributed by atoms with E-state index < -0.39 is 0 Å². The third-order valence-electron chi connectivity index (χ3n) is 3.27. The predicted molar refractivity (Wildman–Crippen MR) is 77.5 cm³/mol. The van der Waals surface area contributed by atoms with E-state index in [-0.39, 0.29) is 6.04 Å². The van der Waals surface area contributed by atoms with Crippen LogP contribution in [0.1, 0.15) is 17.2 Å². The maximum Gasteiger partial charge on any atom is 0.0712 e. The summed E-state index contributed by atoms with van der Waals surface area (Å²) in [5, 5.41) is 8.45. The third-order valence-corrected chi connectivity index (χ3v) is 3.62. The molecule has 19 heavy (non-hydrogen) atoms. The number of fused-ring (bicyclic) bond motifs is 1. The third kappa shape index (κ3) is 2.11. The number of hydrogen-bond acceptors (Lipinski definition) is 2. The topological polar surface area (TPSA) is 29.3 Å². The molecule has 0 saturated heterocycles. The van der Waals surface area contributed by atoms with Crippen LogP contribution in [0, 0.1) is 0 Å². The average Bonchev–Trinajstić information content (AvgIpc) is 2.86. The van der Waals surface area contributed by atoms with Gasteiger partial charge < -0.3 is 5.32 Å². The summed E-state index contributed by atoms with van der Waals surface area (Å²) < 4.78 is 1.87. The van der Waals surface area contributed by atoms with Gasteiger partial charge >= 0.3 is 0 Å². The Balaban J connectivity index is 2.15. The molecule has 3 aromatic rings. The van der Waals surface area contributed by atoms with E-state index >= 15 is 0 Å². The minimum absolute atomic E-state index is 0.0357. The molecule has 96 valence electrons. The van der Waals surface area contributed by atoms with Crippen LogP contribution in [-0.2, 0) is 0 Å². The Morgan fingerprint density at radius 2 is 1.89 bits per heavy atom. The maximum absolute atomic E-state index is 6.30. The summed E-state index contributed by atoms with van der Waals surface area (Å²) in [7, 11) is 1.93. The van der Waals surface area contributed by atoms with E-state index in [0.29, 0.717) is 0 Å². The van der Waals surface area contributed by atoms with Crippen molar-refractivity contribution in [2.45, 2.75) is 6.04 Å². The second-order valence-corrected chi connectivity index (χ2v) is 4.78. The van der Waals surface area contributed by atoms with Crippen LogP contribution in [0.25, 0.3) is 5.52 Å². The van der Waals surface area contributed by atoms with Crippen LogP contribution in [0.3, 0.4) is 0 Å². The lowest BCUT2D eigenvalue weighted by Crippen LogP contribution is -2.17. The van der Waals surface area contributed by atoms with E-state index in [4.69, 9.17) is 11.6 Å². The molecule has 1 unspecified atom stereocenters. The number of aromatic nitrogens is 2. The molecular formula is C15H14ClN3. The number of rotatable bonds is 3. The van der Waals surface area contributed by atoms with Crippen LogP contribution in [0.2, 0.25) is 5.02 Å². The molecule has 0 spiro atoms. The van der Waals surface area contributed by atoms with Crippen molar-refractivity contribution in [2.24, 2.45) is 0 Å². The average molecular weight is 272 g/mol. The first kappa shape index (κ1) is 12.2. The maximum atomic E-state index is 6.30. The molecule has 3 nitrogen and oxygen atoms in total. The van der Waals surface area contributed by atoms with Gasteiger partial charge in [0.15, 0.2) is 0 Å². The molecule has 1 atom stereocenters. The second kappa shape index (κ2) is 5.03. The van der Waals surface area contributed by atoms with E-state index in [1.54, 1.807) is 0 Å². The standard InChI is InChI=1S/C15H14ClN3/c1-17-15(11-6-2-3-7-13(11)16)12-10-18-19-9-5-4-8-14(12)19/h2-10,15,17H,1H3. The second-order valence-electron chi connectivity index (χ2n) is 4.37. The zero-order valence-electron chi connectivity index (χ0n) is 10.5. The molecule has 0 aliphatic heterocycles. The van der Waals surface area contributed by atoms with Gasteiger partial charge in [0.25, 0.3) is 0 Å². The van der Waals surface area contributed by atoms with Crippen molar-refractivity contribution in [3.05, 3.63) is 71.0 Å². The SMILES string of the molecule is CNC(c1ccccc1Cl)c1cnn2ccccc12. The number of benzene rings is 1. The van der Waals surface area contributed by atoms with Crippen molar-refractivity contribution in [2.75, 3.05) is 7.05 Å². The molecule has 1 N–H and O–H groups in total. The first-order valence-corrected chi connectivity index (χ1v) is 6.53. The highest BCUT2D eigenvalue weighted by Crippen LogP contribution is 2.30. The fraction of sp³-hybridized carbons (Fsp3) is 0.133. The fourth-order valence-electron chi connectivity index (χ4n) is 2.36. The van der Waals surface area contributed by atoms with Crippen LogP contribution in [0.5, 0.6) is 0 Å². The molecule has 2 aromatic heterocycles. The van der Waals surface area contributed by atoms with Gasteiger partial charge in [-0.2, -0.15) is 5.10 Å². The zero-order valence-corrected chi connectivity index (χ0v) is 11.3. The molecule has 1 aromatic carbocycles. The molecule has 0 saturated carbocycles. The Kier molecular flexibility index (Phi) is 3.23. The molecule has 0 amide bonds. The van der Waals surface area contributed by atoms with Crippen molar-refractivity contribution in [3.8, 4) is 0 Å². The minimum atomic E-state index is 0.0357. The van der Waals surface area contributed by atoms with Crippen molar-refractivity contribution in [3.63, 3.8) is 0 Å². The van der Waals surface area contributed by atoms with Crippen LogP contribution in [-0.4, -0.2) is 16.7 Å². The summed E-state index contributed by atoms with van der Waals surface area (Å²) in [6, 6.07) is 14.0. The lowest BCUT2D eigenvalue weighted by molar-refractivity contribution is 0.697. The lowest BCUT2D eigenvalue weighted by atomic mass is 10.00. The Hall–Kier alpha value is -1.84. The van der Waals surface area contributed by atoms with Gasteiger partial charge in [-0.25, -0.2) is 4.52 Å². The van der Waals surface area contributed by atoms with Gasteiger partial charge in [-0.15, -0.1) is 0 Å². The number of hydrogen-bond donors (Lipinski definition) is 1. The molecule has 2 heterocycles. The van der Waals surface area contributed by atoms with E-state index in [0.717, 1.165) is 21.7 Å². The van der Waals surface area contributed by atoms with Gasteiger partial charge in [0.05, 0.1) is 17.8 Å². The largest absolute Gasteiger partial charge is 0.309 e. The highest BCUT2D eigenvalue weighted by molar-refractivity contribution is 6.31. The number of halogens is 1. The van der Waals surface area contributed by atoms with Crippen molar-refractivity contribution < 1.29 is 0 Å². The van der Waals surface area contributed by atoms with Crippen LogP contribution in [0.15, 0.2) is 54.9 Å². The molecule has 0 fully saturated rings. The summed E-state index contributed by atoms with van der Waals surface area (Å²) in [4.78, 5) is 0. The van der Waals surface area contributed by atoms with Gasteiger partial charge in [0.1, 0.15) is 0 Å². The highest BCUT2D eigenvalue weighted by atomic mass is 35.5. The van der Waals surface area contributed by atoms with E-state index in [1.165, 1.54) is 0 Å². The van der Waals surface area contributed by atoms with Gasteiger partial charge in [-0.3, -0.25) is 0 Å². The van der Waals surface area contributed by atoms with Gasteiger partial charge in [-0.05, 0) is 30.8 Å². The lowest BCUT2D eigenvalue weighted by Gasteiger charge is -2.17. The van der Waals surface area contributed by atoms with Gasteiger partial charge in [0, 0.05) is 16.8 Å². The Morgan fingerprint density at radius 1 is 1.11 bits per heavy atom. The van der Waals surface area contributed by atoms with Gasteiger partial charge in [0.2, 0.25) is 0 Å². The zero-order chi connectivity index (χ0) is 13.2. The Bertz CT molecular complexity index is 705. The van der Waals surface area contributed by atoms with Crippen LogP contribution >= 0.6 is 11.6 Å². The summed E-state index contributed by atoms with van der Waals surface area (Å²) in [5.41, 5.74) is 3.27. The molecule has 0 aliphatic carbocycles. The van der Waals surface area contributed by atoms with E-state index in [2.05, 4.69) is 16.5 Å². The smallest absolute Gasteiger partial charge is 0.0712 e. The summed E-state index contributed by atoms with van der Waals surface area (Å²) in [6.07, 6.45) is 3.83.